The summed E-state index contributed by atoms with van der Waals surface area (Å²) in [4.78, 5) is 5.07. The minimum absolute atomic E-state index is 0.554. The number of anilines is 1. The van der Waals surface area contributed by atoms with E-state index in [-0.39, 0.29) is 0 Å². The molecule has 1 aromatic carbocycles. The number of benzene rings is 1. The van der Waals surface area contributed by atoms with Crippen molar-refractivity contribution in [2.24, 2.45) is 5.92 Å². The summed E-state index contributed by atoms with van der Waals surface area (Å²) in [5.41, 5.74) is 2.82. The first kappa shape index (κ1) is 17.3. The van der Waals surface area contributed by atoms with E-state index in [1.54, 1.807) is 0 Å². The van der Waals surface area contributed by atoms with E-state index in [0.717, 1.165) is 39.3 Å². The molecule has 3 nitrogen and oxygen atoms in total. The second-order valence-corrected chi connectivity index (χ2v) is 6.38. The molecule has 124 valence electrons. The Morgan fingerprint density at radius 1 is 1.05 bits per heavy atom. The maximum Gasteiger partial charge on any atom is 0.0374 e. The van der Waals surface area contributed by atoms with Gasteiger partial charge in [0.05, 0.1) is 0 Å². The zero-order chi connectivity index (χ0) is 15.9. The molecule has 3 heteroatoms. The van der Waals surface area contributed by atoms with Gasteiger partial charge in [-0.15, -0.1) is 0 Å². The van der Waals surface area contributed by atoms with Crippen LogP contribution >= 0.6 is 0 Å². The Kier molecular flexibility index (Phi) is 6.71. The highest BCUT2D eigenvalue weighted by molar-refractivity contribution is 5.47. The van der Waals surface area contributed by atoms with Crippen LogP contribution in [0.4, 0.5) is 5.69 Å². The van der Waals surface area contributed by atoms with Crippen molar-refractivity contribution in [2.75, 3.05) is 44.2 Å². The van der Waals surface area contributed by atoms with Crippen LogP contribution < -0.4 is 10.2 Å². The average molecular weight is 303 g/mol. The standard InChI is InChI=1S/C19H33N3/c1-5-16(4)19(22-14-12-20-13-15-22)17-8-10-18(11-9-17)21(6-2)7-3/h8-11,16,19-20H,5-7,12-15H2,1-4H3/t16?,19-/m1/s1. The molecule has 0 aromatic heterocycles. The van der Waals surface area contributed by atoms with E-state index in [1.165, 1.54) is 17.7 Å². The number of nitrogens with zero attached hydrogens (tertiary/aromatic N) is 2. The molecule has 22 heavy (non-hydrogen) atoms. The highest BCUT2D eigenvalue weighted by Gasteiger charge is 2.26. The highest BCUT2D eigenvalue weighted by Crippen LogP contribution is 2.32. The Balaban J connectivity index is 2.19. The molecule has 0 radical (unpaired) electrons. The molecule has 0 aliphatic carbocycles. The monoisotopic (exact) mass is 303 g/mol. The van der Waals surface area contributed by atoms with Crippen LogP contribution in [-0.4, -0.2) is 44.2 Å². The molecule has 1 fully saturated rings. The summed E-state index contributed by atoms with van der Waals surface area (Å²) in [6, 6.07) is 9.87. The smallest absolute Gasteiger partial charge is 0.0374 e. The molecule has 0 bridgehead atoms. The molecular formula is C19H33N3. The Morgan fingerprint density at radius 2 is 1.64 bits per heavy atom. The van der Waals surface area contributed by atoms with E-state index in [1.807, 2.05) is 0 Å². The lowest BCUT2D eigenvalue weighted by molar-refractivity contribution is 0.128. The number of piperazine rings is 1. The molecule has 1 heterocycles. The molecule has 1 N–H and O–H groups in total. The zero-order valence-electron chi connectivity index (χ0n) is 14.8. The molecule has 1 saturated heterocycles. The van der Waals surface area contributed by atoms with Gasteiger partial charge in [0.25, 0.3) is 0 Å². The number of hydrogen-bond acceptors (Lipinski definition) is 3. The number of nitrogens with one attached hydrogen (secondary N) is 1. The summed E-state index contributed by atoms with van der Waals surface area (Å²) < 4.78 is 0. The Labute approximate surface area is 136 Å². The molecule has 2 atom stereocenters. The van der Waals surface area contributed by atoms with Gasteiger partial charge in [-0.3, -0.25) is 4.90 Å². The predicted octanol–water partition coefficient (Wildman–Crippen LogP) is 3.53. The Bertz CT molecular complexity index is 419. The quantitative estimate of drug-likeness (QED) is 0.831. The van der Waals surface area contributed by atoms with Crippen molar-refractivity contribution in [3.63, 3.8) is 0 Å². The fraction of sp³-hybridized carbons (Fsp3) is 0.684. The summed E-state index contributed by atoms with van der Waals surface area (Å²) in [6.45, 7) is 15.8. The fourth-order valence-corrected chi connectivity index (χ4v) is 3.55. The van der Waals surface area contributed by atoms with Crippen LogP contribution in [0.1, 0.15) is 45.7 Å². The van der Waals surface area contributed by atoms with Gasteiger partial charge >= 0.3 is 0 Å². The van der Waals surface area contributed by atoms with Gasteiger partial charge < -0.3 is 10.2 Å². The van der Waals surface area contributed by atoms with E-state index in [0.29, 0.717) is 12.0 Å². The van der Waals surface area contributed by atoms with E-state index in [2.05, 4.69) is 67.1 Å². The van der Waals surface area contributed by atoms with Crippen LogP contribution in [0.3, 0.4) is 0 Å². The third-order valence-corrected chi connectivity index (χ3v) is 5.09. The van der Waals surface area contributed by atoms with Gasteiger partial charge in [-0.05, 0) is 37.5 Å². The second-order valence-electron chi connectivity index (χ2n) is 6.38. The van der Waals surface area contributed by atoms with Crippen LogP contribution in [-0.2, 0) is 0 Å². The number of hydrogen-bond donors (Lipinski definition) is 1. The Hall–Kier alpha value is -1.06. The largest absolute Gasteiger partial charge is 0.372 e. The van der Waals surface area contributed by atoms with Gasteiger partial charge in [0.1, 0.15) is 0 Å². The molecule has 0 saturated carbocycles. The highest BCUT2D eigenvalue weighted by atomic mass is 15.2. The summed E-state index contributed by atoms with van der Waals surface area (Å²) >= 11 is 0. The Morgan fingerprint density at radius 3 is 2.14 bits per heavy atom. The van der Waals surface area contributed by atoms with Crippen LogP contribution in [0.2, 0.25) is 0 Å². The average Bonchev–Trinajstić information content (AvgIpc) is 2.58. The molecule has 0 spiro atoms. The maximum absolute atomic E-state index is 3.47. The summed E-state index contributed by atoms with van der Waals surface area (Å²) in [5.74, 6) is 0.692. The lowest BCUT2D eigenvalue weighted by atomic mass is 9.90. The van der Waals surface area contributed by atoms with Crippen molar-refractivity contribution in [2.45, 2.75) is 40.2 Å². The van der Waals surface area contributed by atoms with Crippen LogP contribution in [0.15, 0.2) is 24.3 Å². The normalized spacial score (nSPS) is 18.9. The first-order valence-corrected chi connectivity index (χ1v) is 9.00. The third-order valence-electron chi connectivity index (χ3n) is 5.09. The molecule has 1 aliphatic rings. The summed E-state index contributed by atoms with van der Waals surface area (Å²) in [6.07, 6.45) is 1.23. The predicted molar refractivity (Wildman–Crippen MR) is 96.6 cm³/mol. The SMILES string of the molecule is CCC(C)[C@H](c1ccc(N(CC)CC)cc1)N1CCNCC1. The van der Waals surface area contributed by atoms with Crippen LogP contribution in [0, 0.1) is 5.92 Å². The van der Waals surface area contributed by atoms with Crippen molar-refractivity contribution in [3.05, 3.63) is 29.8 Å². The van der Waals surface area contributed by atoms with Gasteiger partial charge in [0.2, 0.25) is 0 Å². The lowest BCUT2D eigenvalue weighted by Gasteiger charge is -2.38. The van der Waals surface area contributed by atoms with Crippen molar-refractivity contribution in [1.29, 1.82) is 0 Å². The summed E-state index contributed by atoms with van der Waals surface area (Å²) in [5, 5.41) is 3.47. The van der Waals surface area contributed by atoms with E-state index in [4.69, 9.17) is 0 Å². The third kappa shape index (κ3) is 4.02. The second kappa shape index (κ2) is 8.54. The zero-order valence-corrected chi connectivity index (χ0v) is 14.8. The van der Waals surface area contributed by atoms with Gasteiger partial charge in [-0.25, -0.2) is 0 Å². The van der Waals surface area contributed by atoms with Gasteiger partial charge in [-0.2, -0.15) is 0 Å². The van der Waals surface area contributed by atoms with Crippen molar-refractivity contribution < 1.29 is 0 Å². The first-order chi connectivity index (χ1) is 10.7. The van der Waals surface area contributed by atoms with E-state index < -0.39 is 0 Å². The van der Waals surface area contributed by atoms with Crippen LogP contribution in [0.25, 0.3) is 0 Å². The maximum atomic E-state index is 3.47. The molecule has 0 amide bonds. The van der Waals surface area contributed by atoms with Gasteiger partial charge in [0, 0.05) is 51.0 Å². The topological polar surface area (TPSA) is 18.5 Å². The van der Waals surface area contributed by atoms with Crippen LogP contribution in [0.5, 0.6) is 0 Å². The minimum atomic E-state index is 0.554. The van der Waals surface area contributed by atoms with Gasteiger partial charge in [0.15, 0.2) is 0 Å². The molecule has 1 aromatic rings. The summed E-state index contributed by atoms with van der Waals surface area (Å²) in [7, 11) is 0. The van der Waals surface area contributed by atoms with Crippen molar-refractivity contribution in [3.8, 4) is 0 Å². The van der Waals surface area contributed by atoms with E-state index in [9.17, 15) is 0 Å². The van der Waals surface area contributed by atoms with E-state index >= 15 is 0 Å². The minimum Gasteiger partial charge on any atom is -0.372 e. The van der Waals surface area contributed by atoms with Crippen molar-refractivity contribution >= 4 is 5.69 Å². The lowest BCUT2D eigenvalue weighted by Crippen LogP contribution is -2.46. The fourth-order valence-electron chi connectivity index (χ4n) is 3.55. The number of rotatable bonds is 7. The van der Waals surface area contributed by atoms with Crippen molar-refractivity contribution in [1.82, 2.24) is 10.2 Å². The molecule has 1 aliphatic heterocycles. The molecule has 2 rings (SSSR count). The first-order valence-electron chi connectivity index (χ1n) is 9.00. The molecule has 1 unspecified atom stereocenters. The molecular weight excluding hydrogens is 270 g/mol. The van der Waals surface area contributed by atoms with Gasteiger partial charge in [-0.1, -0.05) is 32.4 Å².